The molecule has 168 valence electrons. The Morgan fingerprint density at radius 1 is 0.970 bits per heavy atom. The van der Waals surface area contributed by atoms with Crippen molar-refractivity contribution in [2.75, 3.05) is 18.4 Å². The van der Waals surface area contributed by atoms with Gasteiger partial charge in [0, 0.05) is 42.0 Å². The third-order valence-corrected chi connectivity index (χ3v) is 6.47. The van der Waals surface area contributed by atoms with Gasteiger partial charge in [-0.2, -0.15) is 0 Å². The predicted molar refractivity (Wildman–Crippen MR) is 130 cm³/mol. The number of rotatable bonds is 5. The van der Waals surface area contributed by atoms with E-state index in [0.29, 0.717) is 24.6 Å². The molecule has 0 bridgehead atoms. The largest absolute Gasteiger partial charge is 0.361 e. The van der Waals surface area contributed by atoms with Crippen LogP contribution in [-0.4, -0.2) is 34.7 Å². The maximum Gasteiger partial charge on any atom is 0.256 e. The smallest absolute Gasteiger partial charge is 0.256 e. The summed E-state index contributed by atoms with van der Waals surface area (Å²) in [6.45, 7) is 6.30. The van der Waals surface area contributed by atoms with Crippen molar-refractivity contribution in [3.05, 3.63) is 101 Å². The molecule has 0 saturated heterocycles. The molecule has 1 atom stereocenters. The molecule has 5 rings (SSSR count). The van der Waals surface area contributed by atoms with Crippen LogP contribution < -0.4 is 5.32 Å². The molecule has 33 heavy (non-hydrogen) atoms. The summed E-state index contributed by atoms with van der Waals surface area (Å²) in [6.07, 6.45) is 0.679. The molecule has 3 aromatic carbocycles. The van der Waals surface area contributed by atoms with Gasteiger partial charge < -0.3 is 15.1 Å². The van der Waals surface area contributed by atoms with E-state index in [2.05, 4.69) is 37.4 Å². The third kappa shape index (κ3) is 4.11. The van der Waals surface area contributed by atoms with Gasteiger partial charge in [0.05, 0.1) is 0 Å². The number of hydrogen-bond donors (Lipinski definition) is 1. The number of nitrogens with zero attached hydrogens (tertiary/aromatic N) is 2. The first-order valence-corrected chi connectivity index (χ1v) is 11.6. The number of amides is 2. The van der Waals surface area contributed by atoms with E-state index in [1.54, 1.807) is 0 Å². The van der Waals surface area contributed by atoms with Gasteiger partial charge in [-0.25, -0.2) is 0 Å². The number of carbonyl (C=O) groups is 2. The van der Waals surface area contributed by atoms with Gasteiger partial charge >= 0.3 is 0 Å². The summed E-state index contributed by atoms with van der Waals surface area (Å²) < 4.78 is 0. The van der Waals surface area contributed by atoms with Crippen molar-refractivity contribution in [3.63, 3.8) is 0 Å². The maximum atomic E-state index is 13.1. The van der Waals surface area contributed by atoms with Gasteiger partial charge in [-0.3, -0.25) is 9.59 Å². The standard InChI is InChI=1S/C28H29N3O2/c1-19(2)17-31-26(24-9-5-6-10-25(24)28(31)33)29-23-13-11-21(12-14-23)27(32)30-16-15-20-7-3-4-8-22(20)18-30/h3-14,19,26,29H,15-18H2,1-2H3. The molecule has 2 aliphatic rings. The van der Waals surface area contributed by atoms with Crippen LogP contribution in [0, 0.1) is 5.92 Å². The van der Waals surface area contributed by atoms with Gasteiger partial charge in [0.2, 0.25) is 0 Å². The average molecular weight is 440 g/mol. The Balaban J connectivity index is 1.32. The minimum Gasteiger partial charge on any atom is -0.361 e. The van der Waals surface area contributed by atoms with Crippen LogP contribution in [0.4, 0.5) is 5.69 Å². The fourth-order valence-corrected chi connectivity index (χ4v) is 4.83. The highest BCUT2D eigenvalue weighted by molar-refractivity contribution is 5.99. The third-order valence-electron chi connectivity index (χ3n) is 6.47. The molecule has 0 radical (unpaired) electrons. The summed E-state index contributed by atoms with van der Waals surface area (Å²) in [7, 11) is 0. The molecule has 0 fully saturated rings. The molecular formula is C28H29N3O2. The van der Waals surface area contributed by atoms with Crippen molar-refractivity contribution in [2.24, 2.45) is 5.92 Å². The van der Waals surface area contributed by atoms with Crippen molar-refractivity contribution in [3.8, 4) is 0 Å². The van der Waals surface area contributed by atoms with Crippen LogP contribution >= 0.6 is 0 Å². The Hall–Kier alpha value is -3.60. The van der Waals surface area contributed by atoms with E-state index in [1.165, 1.54) is 11.1 Å². The number of carbonyl (C=O) groups excluding carboxylic acids is 2. The zero-order valence-electron chi connectivity index (χ0n) is 19.1. The van der Waals surface area contributed by atoms with Crippen molar-refractivity contribution in [2.45, 2.75) is 33.0 Å². The second-order valence-electron chi connectivity index (χ2n) is 9.31. The summed E-state index contributed by atoms with van der Waals surface area (Å²) in [5.74, 6) is 0.482. The van der Waals surface area contributed by atoms with E-state index in [9.17, 15) is 9.59 Å². The predicted octanol–water partition coefficient (Wildman–Crippen LogP) is 5.11. The fourth-order valence-electron chi connectivity index (χ4n) is 4.83. The van der Waals surface area contributed by atoms with E-state index < -0.39 is 0 Å². The Morgan fingerprint density at radius 3 is 2.42 bits per heavy atom. The van der Waals surface area contributed by atoms with Gasteiger partial charge in [0.25, 0.3) is 11.8 Å². The molecule has 3 aromatic rings. The molecule has 1 unspecified atom stereocenters. The number of fused-ring (bicyclic) bond motifs is 2. The molecule has 0 saturated carbocycles. The molecule has 5 heteroatoms. The summed E-state index contributed by atoms with van der Waals surface area (Å²) in [5, 5.41) is 3.52. The summed E-state index contributed by atoms with van der Waals surface area (Å²) in [6, 6.07) is 23.7. The summed E-state index contributed by atoms with van der Waals surface area (Å²) in [4.78, 5) is 29.9. The lowest BCUT2D eigenvalue weighted by Crippen LogP contribution is -2.36. The molecule has 2 amide bonds. The second-order valence-corrected chi connectivity index (χ2v) is 9.31. The maximum absolute atomic E-state index is 13.1. The van der Waals surface area contributed by atoms with Crippen LogP contribution in [-0.2, 0) is 13.0 Å². The fraction of sp³-hybridized carbons (Fsp3) is 0.286. The topological polar surface area (TPSA) is 52.7 Å². The molecular weight excluding hydrogens is 410 g/mol. The highest BCUT2D eigenvalue weighted by Gasteiger charge is 2.36. The Labute approximate surface area is 195 Å². The van der Waals surface area contributed by atoms with Gasteiger partial charge in [0.1, 0.15) is 6.17 Å². The van der Waals surface area contributed by atoms with Crippen LogP contribution in [0.15, 0.2) is 72.8 Å². The van der Waals surface area contributed by atoms with Gasteiger partial charge in [-0.1, -0.05) is 56.3 Å². The van der Waals surface area contributed by atoms with Crippen molar-refractivity contribution in [1.82, 2.24) is 9.80 Å². The van der Waals surface area contributed by atoms with Gasteiger partial charge in [0.15, 0.2) is 0 Å². The lowest BCUT2D eigenvalue weighted by Gasteiger charge is -2.29. The SMILES string of the molecule is CC(C)CN1C(=O)c2ccccc2C1Nc1ccc(C(=O)N2CCc3ccccc3C2)cc1. The molecule has 0 aromatic heterocycles. The van der Waals surface area contributed by atoms with Crippen LogP contribution in [0.3, 0.4) is 0 Å². The first-order chi connectivity index (χ1) is 16.0. The Bertz CT molecular complexity index is 1190. The average Bonchev–Trinajstić information content (AvgIpc) is 3.09. The highest BCUT2D eigenvalue weighted by atomic mass is 16.2. The van der Waals surface area contributed by atoms with Crippen molar-refractivity contribution >= 4 is 17.5 Å². The highest BCUT2D eigenvalue weighted by Crippen LogP contribution is 2.35. The zero-order valence-corrected chi connectivity index (χ0v) is 19.1. The van der Waals surface area contributed by atoms with E-state index in [1.807, 2.05) is 64.4 Å². The van der Waals surface area contributed by atoms with Crippen LogP contribution in [0.25, 0.3) is 0 Å². The Morgan fingerprint density at radius 2 is 1.67 bits per heavy atom. The summed E-state index contributed by atoms with van der Waals surface area (Å²) >= 11 is 0. The molecule has 0 spiro atoms. The number of benzene rings is 3. The van der Waals surface area contributed by atoms with Gasteiger partial charge in [-0.05, 0) is 53.8 Å². The molecule has 0 aliphatic carbocycles. The number of nitrogens with one attached hydrogen (secondary N) is 1. The van der Waals surface area contributed by atoms with E-state index in [0.717, 1.165) is 29.8 Å². The first kappa shape index (κ1) is 21.3. The molecule has 2 aliphatic heterocycles. The minimum atomic E-state index is -0.212. The zero-order chi connectivity index (χ0) is 22.9. The minimum absolute atomic E-state index is 0.0545. The van der Waals surface area contributed by atoms with Crippen LogP contribution in [0.2, 0.25) is 0 Å². The lowest BCUT2D eigenvalue weighted by atomic mass is 9.99. The number of hydrogen-bond acceptors (Lipinski definition) is 3. The normalized spacial score (nSPS) is 17.2. The van der Waals surface area contributed by atoms with Crippen molar-refractivity contribution in [1.29, 1.82) is 0 Å². The quantitative estimate of drug-likeness (QED) is 0.601. The molecule has 1 N–H and O–H groups in total. The monoisotopic (exact) mass is 439 g/mol. The summed E-state index contributed by atoms with van der Waals surface area (Å²) in [5.41, 5.74) is 5.88. The van der Waals surface area contributed by atoms with E-state index >= 15 is 0 Å². The van der Waals surface area contributed by atoms with E-state index in [4.69, 9.17) is 0 Å². The molecule has 2 heterocycles. The lowest BCUT2D eigenvalue weighted by molar-refractivity contribution is 0.0718. The first-order valence-electron chi connectivity index (χ1n) is 11.6. The van der Waals surface area contributed by atoms with Gasteiger partial charge in [-0.15, -0.1) is 0 Å². The van der Waals surface area contributed by atoms with Crippen LogP contribution in [0.1, 0.15) is 57.4 Å². The second kappa shape index (κ2) is 8.74. The van der Waals surface area contributed by atoms with E-state index in [-0.39, 0.29) is 18.0 Å². The number of anilines is 1. The van der Waals surface area contributed by atoms with Crippen molar-refractivity contribution < 1.29 is 9.59 Å². The Kier molecular flexibility index (Phi) is 5.63. The molecule has 5 nitrogen and oxygen atoms in total. The van der Waals surface area contributed by atoms with Crippen LogP contribution in [0.5, 0.6) is 0 Å².